The van der Waals surface area contributed by atoms with E-state index >= 15 is 0 Å². The zero-order valence-electron chi connectivity index (χ0n) is 19.1. The summed E-state index contributed by atoms with van der Waals surface area (Å²) in [6.07, 6.45) is -0.305. The molecule has 0 aliphatic rings. The highest BCUT2D eigenvalue weighted by Gasteiger charge is 2.17. The first kappa shape index (κ1) is 20.9. The Morgan fingerprint density at radius 2 is 1.31 bits per heavy atom. The summed E-state index contributed by atoms with van der Waals surface area (Å²) in [5, 5.41) is 0. The molecule has 0 fully saturated rings. The van der Waals surface area contributed by atoms with Crippen LogP contribution in [-0.4, -0.2) is 33.0 Å². The van der Waals surface area contributed by atoms with Crippen molar-refractivity contribution < 1.29 is 14.3 Å². The fraction of sp³-hybridized carbons (Fsp3) is 0.107. The van der Waals surface area contributed by atoms with Crippen molar-refractivity contribution in [3.63, 3.8) is 0 Å². The van der Waals surface area contributed by atoms with Crippen LogP contribution in [0, 0.1) is 0 Å². The number of nitrogens with zero attached hydrogens (tertiary/aromatic N) is 4. The van der Waals surface area contributed by atoms with Gasteiger partial charge in [0.15, 0.2) is 0 Å². The second kappa shape index (κ2) is 8.29. The molecule has 0 spiro atoms. The van der Waals surface area contributed by atoms with E-state index in [0.29, 0.717) is 27.9 Å². The van der Waals surface area contributed by atoms with Gasteiger partial charge in [-0.2, -0.15) is 0 Å². The van der Waals surface area contributed by atoms with Crippen LogP contribution < -0.4 is 4.74 Å². The Labute approximate surface area is 200 Å². The lowest BCUT2D eigenvalue weighted by Gasteiger charge is -2.17. The predicted octanol–water partition coefficient (Wildman–Crippen LogP) is 5.81. The van der Waals surface area contributed by atoms with Crippen LogP contribution in [0.2, 0.25) is 0 Å². The van der Waals surface area contributed by atoms with Crippen molar-refractivity contribution in [1.82, 2.24) is 19.9 Å². The molecule has 0 radical (unpaired) electrons. The third-order valence-electron chi connectivity index (χ3n) is 5.99. The first-order valence-electron chi connectivity index (χ1n) is 11.2. The minimum atomic E-state index is -0.440. The number of hydrogen-bond donors (Lipinski definition) is 0. The summed E-state index contributed by atoms with van der Waals surface area (Å²) in [6.45, 7) is 1.97. The van der Waals surface area contributed by atoms with Gasteiger partial charge in [-0.25, -0.2) is 24.7 Å². The second-order valence-electron chi connectivity index (χ2n) is 8.23. The Hall–Kier alpha value is -4.65. The second-order valence-corrected chi connectivity index (χ2v) is 8.23. The molecule has 0 aliphatic carbocycles. The van der Waals surface area contributed by atoms with Crippen LogP contribution in [0.5, 0.6) is 5.75 Å². The van der Waals surface area contributed by atoms with E-state index in [1.165, 1.54) is 7.11 Å². The molecule has 4 aromatic carbocycles. The highest BCUT2D eigenvalue weighted by atomic mass is 16.5. The predicted molar refractivity (Wildman–Crippen MR) is 134 cm³/mol. The number of esters is 1. The van der Waals surface area contributed by atoms with Crippen molar-refractivity contribution in [2.24, 2.45) is 0 Å². The maximum atomic E-state index is 12.2. The monoisotopic (exact) mass is 460 g/mol. The zero-order valence-corrected chi connectivity index (χ0v) is 19.1. The van der Waals surface area contributed by atoms with Crippen molar-refractivity contribution in [2.75, 3.05) is 7.11 Å². The Morgan fingerprint density at radius 1 is 0.686 bits per heavy atom. The molecule has 0 bridgehead atoms. The third kappa shape index (κ3) is 3.67. The maximum absolute atomic E-state index is 12.2. The molecular formula is C28H20N4O3. The summed E-state index contributed by atoms with van der Waals surface area (Å²) >= 11 is 0. The van der Waals surface area contributed by atoms with E-state index < -0.39 is 5.97 Å². The van der Waals surface area contributed by atoms with E-state index in [0.717, 1.165) is 33.1 Å². The number of rotatable bonds is 4. The standard InChI is InChI=1S/C28H20N4O3/c1-16(35-17-13-14-22-25(15-17)30-21-10-4-3-9-20(21)29-22)18-7-5-11-23-26(18)31-24-12-6-8-19(27(24)32-23)28(33)34-2/h3-16H,1-2H3. The lowest BCUT2D eigenvalue weighted by Crippen LogP contribution is -2.07. The molecule has 2 aromatic heterocycles. The van der Waals surface area contributed by atoms with Gasteiger partial charge >= 0.3 is 5.97 Å². The fourth-order valence-corrected chi connectivity index (χ4v) is 4.28. The van der Waals surface area contributed by atoms with Crippen molar-refractivity contribution in [1.29, 1.82) is 0 Å². The summed E-state index contributed by atoms with van der Waals surface area (Å²) < 4.78 is 11.2. The Kier molecular flexibility index (Phi) is 4.95. The molecule has 1 atom stereocenters. The van der Waals surface area contributed by atoms with E-state index in [1.54, 1.807) is 12.1 Å². The van der Waals surface area contributed by atoms with E-state index in [9.17, 15) is 4.79 Å². The largest absolute Gasteiger partial charge is 0.486 e. The van der Waals surface area contributed by atoms with Crippen LogP contribution in [0.15, 0.2) is 78.9 Å². The van der Waals surface area contributed by atoms with Gasteiger partial charge in [-0.15, -0.1) is 0 Å². The molecule has 7 nitrogen and oxygen atoms in total. The average Bonchev–Trinajstić information content (AvgIpc) is 2.89. The van der Waals surface area contributed by atoms with Crippen molar-refractivity contribution >= 4 is 50.1 Å². The minimum Gasteiger partial charge on any atom is -0.486 e. The van der Waals surface area contributed by atoms with Crippen LogP contribution in [-0.2, 0) is 4.74 Å². The number of benzene rings is 4. The van der Waals surface area contributed by atoms with Gasteiger partial charge in [-0.3, -0.25) is 0 Å². The van der Waals surface area contributed by atoms with E-state index in [1.807, 2.05) is 73.7 Å². The van der Waals surface area contributed by atoms with E-state index in [2.05, 4.69) is 4.98 Å². The lowest BCUT2D eigenvalue weighted by atomic mass is 10.1. The van der Waals surface area contributed by atoms with Gasteiger partial charge in [0.25, 0.3) is 0 Å². The van der Waals surface area contributed by atoms with Crippen molar-refractivity contribution in [3.05, 3.63) is 90.0 Å². The number of fused-ring (bicyclic) bond motifs is 4. The molecule has 6 aromatic rings. The molecule has 0 N–H and O–H groups in total. The molecular weight excluding hydrogens is 440 g/mol. The number of hydrogen-bond acceptors (Lipinski definition) is 7. The molecule has 2 heterocycles. The number of carbonyl (C=O) groups excluding carboxylic acids is 1. The van der Waals surface area contributed by atoms with Crippen LogP contribution in [0.4, 0.5) is 0 Å². The Morgan fingerprint density at radius 3 is 2.09 bits per heavy atom. The summed E-state index contributed by atoms with van der Waals surface area (Å²) in [4.78, 5) is 31.2. The Bertz CT molecular complexity index is 1770. The zero-order chi connectivity index (χ0) is 23.9. The highest BCUT2D eigenvalue weighted by molar-refractivity contribution is 6.03. The van der Waals surface area contributed by atoms with E-state index in [4.69, 9.17) is 24.4 Å². The van der Waals surface area contributed by atoms with Crippen LogP contribution >= 0.6 is 0 Å². The van der Waals surface area contributed by atoms with Gasteiger partial charge in [0, 0.05) is 11.6 Å². The van der Waals surface area contributed by atoms with Gasteiger partial charge in [0.2, 0.25) is 0 Å². The number of carbonyl (C=O) groups is 1. The van der Waals surface area contributed by atoms with Gasteiger partial charge in [-0.1, -0.05) is 30.3 Å². The SMILES string of the molecule is COC(=O)c1cccc2nc3c(C(C)Oc4ccc5nc6ccccc6nc5c4)cccc3nc12. The molecule has 0 amide bonds. The van der Waals surface area contributed by atoms with Gasteiger partial charge in [0.05, 0.1) is 51.3 Å². The molecule has 7 heteroatoms. The maximum Gasteiger partial charge on any atom is 0.340 e. The molecule has 0 saturated carbocycles. The van der Waals surface area contributed by atoms with Crippen molar-refractivity contribution in [2.45, 2.75) is 13.0 Å². The highest BCUT2D eigenvalue weighted by Crippen LogP contribution is 2.30. The number of para-hydroxylation sites is 4. The first-order chi connectivity index (χ1) is 17.1. The minimum absolute atomic E-state index is 0.305. The molecule has 0 saturated heterocycles. The normalized spacial score (nSPS) is 12.3. The van der Waals surface area contributed by atoms with Gasteiger partial charge in [-0.05, 0) is 49.4 Å². The quantitative estimate of drug-likeness (QED) is 0.242. The number of methoxy groups -OCH3 is 1. The molecule has 170 valence electrons. The Balaban J connectivity index is 1.39. The summed E-state index contributed by atoms with van der Waals surface area (Å²) in [5.74, 6) is 0.248. The smallest absolute Gasteiger partial charge is 0.340 e. The van der Waals surface area contributed by atoms with Crippen LogP contribution in [0.3, 0.4) is 0 Å². The average molecular weight is 460 g/mol. The third-order valence-corrected chi connectivity index (χ3v) is 5.99. The first-order valence-corrected chi connectivity index (χ1v) is 11.2. The lowest BCUT2D eigenvalue weighted by molar-refractivity contribution is 0.0602. The topological polar surface area (TPSA) is 87.1 Å². The van der Waals surface area contributed by atoms with Gasteiger partial charge < -0.3 is 9.47 Å². The fourth-order valence-electron chi connectivity index (χ4n) is 4.28. The van der Waals surface area contributed by atoms with E-state index in [-0.39, 0.29) is 6.10 Å². The van der Waals surface area contributed by atoms with Crippen LogP contribution in [0.1, 0.15) is 28.9 Å². The number of ether oxygens (including phenoxy) is 2. The molecule has 35 heavy (non-hydrogen) atoms. The van der Waals surface area contributed by atoms with Gasteiger partial charge in [0.1, 0.15) is 17.4 Å². The summed E-state index contributed by atoms with van der Waals surface area (Å²) in [7, 11) is 1.35. The van der Waals surface area contributed by atoms with Crippen LogP contribution in [0.25, 0.3) is 44.1 Å². The molecule has 0 aliphatic heterocycles. The van der Waals surface area contributed by atoms with Crippen molar-refractivity contribution in [3.8, 4) is 5.75 Å². The molecule has 1 unspecified atom stereocenters. The summed E-state index contributed by atoms with van der Waals surface area (Å²) in [6, 6.07) is 24.6. The summed E-state index contributed by atoms with van der Waals surface area (Å²) in [5.41, 5.74) is 7.10. The molecule has 6 rings (SSSR count). The number of aromatic nitrogens is 4.